The topological polar surface area (TPSA) is 36.0 Å². The minimum atomic E-state index is 0.218. The van der Waals surface area contributed by atoms with Crippen LogP contribution in [0.15, 0.2) is 0 Å². The summed E-state index contributed by atoms with van der Waals surface area (Å²) in [5.41, 5.74) is 0. The van der Waals surface area contributed by atoms with Gasteiger partial charge in [-0.15, -0.1) is 0 Å². The molecule has 1 rings (SSSR count). The molecule has 0 unspecified atom stereocenters. The van der Waals surface area contributed by atoms with Crippen LogP contribution in [0.1, 0.15) is 13.8 Å². The molecule has 0 aromatic rings. The highest BCUT2D eigenvalue weighted by atomic mass is 16.5. The van der Waals surface area contributed by atoms with Crippen molar-refractivity contribution in [2.24, 2.45) is 0 Å². The normalized spacial score (nSPS) is 18.3. The zero-order valence-corrected chi connectivity index (χ0v) is 12.2. The SMILES string of the molecule is COCCN1CCN(CC(=O)N(C)C(C)C)CC1. The molecular formula is C13H27N3O2. The van der Waals surface area contributed by atoms with Gasteiger partial charge in [0.15, 0.2) is 0 Å². The van der Waals surface area contributed by atoms with E-state index in [4.69, 9.17) is 4.74 Å². The van der Waals surface area contributed by atoms with Gasteiger partial charge < -0.3 is 9.64 Å². The van der Waals surface area contributed by atoms with Crippen LogP contribution in [-0.2, 0) is 9.53 Å². The highest BCUT2D eigenvalue weighted by molar-refractivity contribution is 5.78. The van der Waals surface area contributed by atoms with Gasteiger partial charge in [-0.25, -0.2) is 0 Å². The summed E-state index contributed by atoms with van der Waals surface area (Å²) in [6.45, 7) is 10.4. The summed E-state index contributed by atoms with van der Waals surface area (Å²) < 4.78 is 5.08. The Labute approximate surface area is 111 Å². The van der Waals surface area contributed by atoms with Crippen LogP contribution in [-0.4, -0.2) is 86.7 Å². The Morgan fingerprint density at radius 3 is 2.28 bits per heavy atom. The molecule has 0 saturated carbocycles. The summed E-state index contributed by atoms with van der Waals surface area (Å²) in [6, 6.07) is 0.278. The molecule has 1 fully saturated rings. The molecule has 1 aliphatic rings. The third kappa shape index (κ3) is 4.92. The van der Waals surface area contributed by atoms with E-state index in [1.165, 1.54) is 0 Å². The quantitative estimate of drug-likeness (QED) is 0.677. The minimum absolute atomic E-state index is 0.218. The fourth-order valence-corrected chi connectivity index (χ4v) is 1.98. The molecule has 0 aliphatic carbocycles. The van der Waals surface area contributed by atoms with Crippen molar-refractivity contribution in [3.8, 4) is 0 Å². The van der Waals surface area contributed by atoms with Crippen molar-refractivity contribution in [3.05, 3.63) is 0 Å². The standard InChI is InChI=1S/C13H27N3O2/c1-12(2)14(3)13(17)11-16-7-5-15(6-8-16)9-10-18-4/h12H,5-11H2,1-4H3. The first-order chi connectivity index (χ1) is 8.54. The third-order valence-electron chi connectivity index (χ3n) is 3.60. The maximum Gasteiger partial charge on any atom is 0.236 e. The van der Waals surface area contributed by atoms with Gasteiger partial charge >= 0.3 is 0 Å². The largest absolute Gasteiger partial charge is 0.383 e. The zero-order chi connectivity index (χ0) is 13.5. The summed E-state index contributed by atoms with van der Waals surface area (Å²) in [4.78, 5) is 18.4. The summed E-state index contributed by atoms with van der Waals surface area (Å²) >= 11 is 0. The Kier molecular flexibility index (Phi) is 6.60. The third-order valence-corrected chi connectivity index (χ3v) is 3.60. The van der Waals surface area contributed by atoms with Gasteiger partial charge in [-0.2, -0.15) is 0 Å². The maximum absolute atomic E-state index is 12.0. The van der Waals surface area contributed by atoms with Gasteiger partial charge in [0.25, 0.3) is 0 Å². The van der Waals surface area contributed by atoms with E-state index in [0.717, 1.165) is 39.3 Å². The number of carbonyl (C=O) groups is 1. The van der Waals surface area contributed by atoms with E-state index in [1.54, 1.807) is 7.11 Å². The first kappa shape index (κ1) is 15.4. The molecule has 1 saturated heterocycles. The van der Waals surface area contributed by atoms with Gasteiger partial charge in [0.1, 0.15) is 0 Å². The maximum atomic E-state index is 12.0. The first-order valence-electron chi connectivity index (χ1n) is 6.74. The van der Waals surface area contributed by atoms with Crippen LogP contribution in [0.4, 0.5) is 0 Å². The molecule has 0 atom stereocenters. The fraction of sp³-hybridized carbons (Fsp3) is 0.923. The summed E-state index contributed by atoms with van der Waals surface area (Å²) in [5.74, 6) is 0.218. The van der Waals surface area contributed by atoms with Crippen LogP contribution < -0.4 is 0 Å². The lowest BCUT2D eigenvalue weighted by Crippen LogP contribution is -2.50. The molecule has 0 radical (unpaired) electrons. The lowest BCUT2D eigenvalue weighted by molar-refractivity contribution is -0.133. The Morgan fingerprint density at radius 1 is 1.22 bits per heavy atom. The van der Waals surface area contributed by atoms with E-state index in [9.17, 15) is 4.79 Å². The monoisotopic (exact) mass is 257 g/mol. The molecule has 5 nitrogen and oxygen atoms in total. The van der Waals surface area contributed by atoms with Crippen molar-refractivity contribution in [3.63, 3.8) is 0 Å². The van der Waals surface area contributed by atoms with Crippen LogP contribution >= 0.6 is 0 Å². The predicted molar refractivity (Wildman–Crippen MR) is 72.7 cm³/mol. The molecular weight excluding hydrogens is 230 g/mol. The van der Waals surface area contributed by atoms with Crippen molar-refractivity contribution in [2.45, 2.75) is 19.9 Å². The Bertz CT molecular complexity index is 251. The number of piperazine rings is 1. The predicted octanol–water partition coefficient (Wildman–Crippen LogP) is 0.117. The van der Waals surface area contributed by atoms with E-state index in [-0.39, 0.29) is 11.9 Å². The van der Waals surface area contributed by atoms with E-state index >= 15 is 0 Å². The number of nitrogens with zero attached hydrogens (tertiary/aromatic N) is 3. The molecule has 0 spiro atoms. The second-order valence-corrected chi connectivity index (χ2v) is 5.21. The van der Waals surface area contributed by atoms with Crippen LogP contribution in [0.3, 0.4) is 0 Å². The van der Waals surface area contributed by atoms with Crippen molar-refractivity contribution in [1.29, 1.82) is 0 Å². The Hall–Kier alpha value is -0.650. The number of likely N-dealkylation sites (N-methyl/N-ethyl adjacent to an activating group) is 1. The number of ether oxygens (including phenoxy) is 1. The number of carbonyl (C=O) groups excluding carboxylic acids is 1. The molecule has 0 aromatic heterocycles. The van der Waals surface area contributed by atoms with Gasteiger partial charge in [-0.05, 0) is 13.8 Å². The van der Waals surface area contributed by atoms with Crippen LogP contribution in [0.2, 0.25) is 0 Å². The molecule has 1 amide bonds. The lowest BCUT2D eigenvalue weighted by Gasteiger charge is -2.35. The summed E-state index contributed by atoms with van der Waals surface area (Å²) in [5, 5.41) is 0. The average molecular weight is 257 g/mol. The number of methoxy groups -OCH3 is 1. The number of amides is 1. The fourth-order valence-electron chi connectivity index (χ4n) is 1.98. The van der Waals surface area contributed by atoms with E-state index in [2.05, 4.69) is 9.80 Å². The Morgan fingerprint density at radius 2 is 1.78 bits per heavy atom. The summed E-state index contributed by atoms with van der Waals surface area (Å²) in [6.07, 6.45) is 0. The number of hydrogen-bond donors (Lipinski definition) is 0. The van der Waals surface area contributed by atoms with E-state index in [0.29, 0.717) is 6.54 Å². The van der Waals surface area contributed by atoms with Gasteiger partial charge in [0, 0.05) is 52.9 Å². The molecule has 18 heavy (non-hydrogen) atoms. The van der Waals surface area contributed by atoms with Crippen molar-refractivity contribution in [2.75, 3.05) is 60.0 Å². The minimum Gasteiger partial charge on any atom is -0.383 e. The Balaban J connectivity index is 2.25. The van der Waals surface area contributed by atoms with Crippen LogP contribution in [0.25, 0.3) is 0 Å². The van der Waals surface area contributed by atoms with Gasteiger partial charge in [0.05, 0.1) is 13.2 Å². The zero-order valence-electron chi connectivity index (χ0n) is 12.2. The smallest absolute Gasteiger partial charge is 0.236 e. The second kappa shape index (κ2) is 7.71. The highest BCUT2D eigenvalue weighted by Crippen LogP contribution is 2.03. The van der Waals surface area contributed by atoms with Crippen molar-refractivity contribution in [1.82, 2.24) is 14.7 Å². The van der Waals surface area contributed by atoms with Crippen molar-refractivity contribution >= 4 is 5.91 Å². The first-order valence-corrected chi connectivity index (χ1v) is 6.74. The average Bonchev–Trinajstić information content (AvgIpc) is 2.36. The molecule has 0 N–H and O–H groups in total. The van der Waals surface area contributed by atoms with Crippen molar-refractivity contribution < 1.29 is 9.53 Å². The van der Waals surface area contributed by atoms with E-state index in [1.807, 2.05) is 25.8 Å². The number of hydrogen-bond acceptors (Lipinski definition) is 4. The molecule has 1 aliphatic heterocycles. The molecule has 5 heteroatoms. The van der Waals surface area contributed by atoms with Gasteiger partial charge in [0.2, 0.25) is 5.91 Å². The van der Waals surface area contributed by atoms with E-state index < -0.39 is 0 Å². The van der Waals surface area contributed by atoms with Gasteiger partial charge in [-0.1, -0.05) is 0 Å². The van der Waals surface area contributed by atoms with Gasteiger partial charge in [-0.3, -0.25) is 14.6 Å². The summed E-state index contributed by atoms with van der Waals surface area (Å²) in [7, 11) is 3.61. The molecule has 106 valence electrons. The van der Waals surface area contributed by atoms with Crippen LogP contribution in [0, 0.1) is 0 Å². The molecule has 0 bridgehead atoms. The van der Waals surface area contributed by atoms with Crippen LogP contribution in [0.5, 0.6) is 0 Å². The highest BCUT2D eigenvalue weighted by Gasteiger charge is 2.20. The molecule has 0 aromatic carbocycles. The number of rotatable bonds is 6. The molecule has 1 heterocycles. The second-order valence-electron chi connectivity index (χ2n) is 5.21. The lowest BCUT2D eigenvalue weighted by atomic mass is 10.3.